The van der Waals surface area contributed by atoms with Gasteiger partial charge in [0.2, 0.25) is 0 Å². The van der Waals surface area contributed by atoms with Crippen molar-refractivity contribution >= 4 is 5.69 Å². The van der Waals surface area contributed by atoms with Gasteiger partial charge in [-0.05, 0) is 19.1 Å². The molecule has 17 heavy (non-hydrogen) atoms. The lowest BCUT2D eigenvalue weighted by Crippen LogP contribution is -2.00. The van der Waals surface area contributed by atoms with Gasteiger partial charge in [0.15, 0.2) is 5.75 Å². The van der Waals surface area contributed by atoms with Crippen LogP contribution in [0.15, 0.2) is 30.5 Å². The number of nitrogens with one attached hydrogen (secondary N) is 1. The Labute approximate surface area is 101 Å². The average molecular weight is 231 g/mol. The Bertz CT molecular complexity index is 484. The molecule has 0 amide bonds. The molecule has 0 atom stereocenters. The van der Waals surface area contributed by atoms with Crippen LogP contribution in [0, 0.1) is 0 Å². The van der Waals surface area contributed by atoms with E-state index in [0.717, 1.165) is 29.2 Å². The first-order valence-electron chi connectivity index (χ1n) is 5.68. The molecule has 0 bridgehead atoms. The minimum absolute atomic E-state index is 0.806. The summed E-state index contributed by atoms with van der Waals surface area (Å²) in [6, 6.07) is 8.20. The fourth-order valence-electron chi connectivity index (χ4n) is 1.87. The molecular formula is C13H17N3O. The molecule has 4 nitrogen and oxygen atoms in total. The van der Waals surface area contributed by atoms with Crippen LogP contribution in [0.4, 0.5) is 5.69 Å². The second-order valence-corrected chi connectivity index (χ2v) is 3.71. The minimum Gasteiger partial charge on any atom is -0.493 e. The van der Waals surface area contributed by atoms with Gasteiger partial charge in [0.05, 0.1) is 13.3 Å². The van der Waals surface area contributed by atoms with Crippen molar-refractivity contribution in [3.63, 3.8) is 0 Å². The van der Waals surface area contributed by atoms with Crippen molar-refractivity contribution in [2.75, 3.05) is 19.5 Å². The lowest BCUT2D eigenvalue weighted by Gasteiger charge is -2.09. The predicted octanol–water partition coefficient (Wildman–Crippen LogP) is 2.62. The van der Waals surface area contributed by atoms with Crippen LogP contribution in [0.25, 0.3) is 11.3 Å². The molecule has 2 rings (SSSR count). The van der Waals surface area contributed by atoms with E-state index in [9.17, 15) is 0 Å². The zero-order chi connectivity index (χ0) is 12.3. The molecule has 1 N–H and O–H groups in total. The van der Waals surface area contributed by atoms with Crippen LogP contribution in [0.5, 0.6) is 5.75 Å². The summed E-state index contributed by atoms with van der Waals surface area (Å²) in [5.41, 5.74) is 3.20. The molecular weight excluding hydrogens is 214 g/mol. The number of ether oxygens (including phenoxy) is 1. The third-order valence-electron chi connectivity index (χ3n) is 2.75. The zero-order valence-electron chi connectivity index (χ0n) is 10.4. The van der Waals surface area contributed by atoms with Crippen molar-refractivity contribution < 1.29 is 4.74 Å². The Morgan fingerprint density at radius 3 is 2.88 bits per heavy atom. The highest BCUT2D eigenvalue weighted by molar-refractivity contribution is 5.70. The second-order valence-electron chi connectivity index (χ2n) is 3.71. The summed E-state index contributed by atoms with van der Waals surface area (Å²) in [4.78, 5) is 0. The van der Waals surface area contributed by atoms with Gasteiger partial charge in [0.1, 0.15) is 5.69 Å². The Kier molecular flexibility index (Phi) is 3.32. The number of hydrogen-bond donors (Lipinski definition) is 1. The van der Waals surface area contributed by atoms with Crippen molar-refractivity contribution in [2.24, 2.45) is 0 Å². The molecule has 1 aromatic carbocycles. The average Bonchev–Trinajstić information content (AvgIpc) is 2.81. The van der Waals surface area contributed by atoms with Crippen molar-refractivity contribution in [3.8, 4) is 17.0 Å². The van der Waals surface area contributed by atoms with Gasteiger partial charge in [-0.3, -0.25) is 4.68 Å². The molecule has 0 saturated heterocycles. The highest BCUT2D eigenvalue weighted by Gasteiger charge is 2.12. The van der Waals surface area contributed by atoms with Gasteiger partial charge in [-0.25, -0.2) is 0 Å². The van der Waals surface area contributed by atoms with Crippen molar-refractivity contribution in [2.45, 2.75) is 13.5 Å². The largest absolute Gasteiger partial charge is 0.493 e. The number of nitrogens with zero attached hydrogens (tertiary/aromatic N) is 2. The fraction of sp³-hybridized carbons (Fsp3) is 0.308. The van der Waals surface area contributed by atoms with Gasteiger partial charge < -0.3 is 10.1 Å². The maximum Gasteiger partial charge on any atom is 0.164 e. The van der Waals surface area contributed by atoms with Crippen molar-refractivity contribution in [3.05, 3.63) is 30.5 Å². The predicted molar refractivity (Wildman–Crippen MR) is 69.4 cm³/mol. The van der Waals surface area contributed by atoms with E-state index >= 15 is 0 Å². The number of benzene rings is 1. The Balaban J connectivity index is 2.53. The lowest BCUT2D eigenvalue weighted by atomic mass is 10.1. The first-order chi connectivity index (χ1) is 8.30. The van der Waals surface area contributed by atoms with Crippen LogP contribution in [0.1, 0.15) is 6.92 Å². The molecule has 0 aliphatic rings. The maximum absolute atomic E-state index is 5.35. The molecule has 0 radical (unpaired) electrons. The first kappa shape index (κ1) is 11.5. The van der Waals surface area contributed by atoms with Crippen LogP contribution in [-0.4, -0.2) is 23.9 Å². The van der Waals surface area contributed by atoms with E-state index in [1.807, 2.05) is 23.9 Å². The summed E-state index contributed by atoms with van der Waals surface area (Å²) >= 11 is 0. The third kappa shape index (κ3) is 2.11. The smallest absolute Gasteiger partial charge is 0.164 e. The Morgan fingerprint density at radius 2 is 2.24 bits per heavy atom. The third-order valence-corrected chi connectivity index (χ3v) is 2.75. The molecule has 1 heterocycles. The van der Waals surface area contributed by atoms with Crippen LogP contribution in [0.2, 0.25) is 0 Å². The van der Waals surface area contributed by atoms with Crippen molar-refractivity contribution in [1.82, 2.24) is 9.78 Å². The number of aromatic nitrogens is 2. The molecule has 0 spiro atoms. The maximum atomic E-state index is 5.35. The van der Waals surface area contributed by atoms with E-state index in [1.165, 1.54) is 0 Å². The number of methoxy groups -OCH3 is 1. The van der Waals surface area contributed by atoms with E-state index in [4.69, 9.17) is 4.74 Å². The van der Waals surface area contributed by atoms with E-state index in [1.54, 1.807) is 13.3 Å². The number of anilines is 1. The summed E-state index contributed by atoms with van der Waals surface area (Å²) in [7, 11) is 3.58. The number of rotatable bonds is 4. The highest BCUT2D eigenvalue weighted by Crippen LogP contribution is 2.31. The summed E-state index contributed by atoms with van der Waals surface area (Å²) in [6.07, 6.45) is 1.75. The molecule has 0 unspecified atom stereocenters. The van der Waals surface area contributed by atoms with E-state index in [0.29, 0.717) is 0 Å². The van der Waals surface area contributed by atoms with Crippen LogP contribution >= 0.6 is 0 Å². The van der Waals surface area contributed by atoms with Gasteiger partial charge in [-0.15, -0.1) is 0 Å². The SMILES string of the molecule is CCn1ncc(OC)c1-c1cccc(NC)c1. The topological polar surface area (TPSA) is 39.1 Å². The minimum atomic E-state index is 0.806. The van der Waals surface area contributed by atoms with E-state index in [-0.39, 0.29) is 0 Å². The summed E-state index contributed by atoms with van der Waals surface area (Å²) in [6.45, 7) is 2.89. The molecule has 0 fully saturated rings. The van der Waals surface area contributed by atoms with E-state index < -0.39 is 0 Å². The van der Waals surface area contributed by atoms with Gasteiger partial charge in [0.25, 0.3) is 0 Å². The molecule has 0 saturated carbocycles. The lowest BCUT2D eigenvalue weighted by molar-refractivity contribution is 0.416. The quantitative estimate of drug-likeness (QED) is 0.879. The van der Waals surface area contributed by atoms with Gasteiger partial charge in [-0.2, -0.15) is 5.10 Å². The van der Waals surface area contributed by atoms with Crippen molar-refractivity contribution in [1.29, 1.82) is 0 Å². The molecule has 90 valence electrons. The highest BCUT2D eigenvalue weighted by atomic mass is 16.5. The Morgan fingerprint density at radius 1 is 1.41 bits per heavy atom. The zero-order valence-corrected chi connectivity index (χ0v) is 10.4. The summed E-state index contributed by atoms with van der Waals surface area (Å²) < 4.78 is 7.29. The molecule has 0 aliphatic heterocycles. The van der Waals surface area contributed by atoms with Crippen LogP contribution in [0.3, 0.4) is 0 Å². The normalized spacial score (nSPS) is 10.3. The Hall–Kier alpha value is -1.97. The number of aryl methyl sites for hydroxylation is 1. The standard InChI is InChI=1S/C13H17N3O/c1-4-16-13(12(17-3)9-15-16)10-6-5-7-11(8-10)14-2/h5-9,14H,4H2,1-3H3. The number of hydrogen-bond acceptors (Lipinski definition) is 3. The van der Waals surface area contributed by atoms with Crippen LogP contribution < -0.4 is 10.1 Å². The second kappa shape index (κ2) is 4.91. The molecule has 1 aromatic heterocycles. The molecule has 4 heteroatoms. The fourth-order valence-corrected chi connectivity index (χ4v) is 1.87. The van der Waals surface area contributed by atoms with E-state index in [2.05, 4.69) is 29.5 Å². The monoisotopic (exact) mass is 231 g/mol. The van der Waals surface area contributed by atoms with Gasteiger partial charge in [-0.1, -0.05) is 12.1 Å². The first-order valence-corrected chi connectivity index (χ1v) is 5.68. The molecule has 0 aliphatic carbocycles. The van der Waals surface area contributed by atoms with Crippen LogP contribution in [-0.2, 0) is 6.54 Å². The van der Waals surface area contributed by atoms with Gasteiger partial charge >= 0.3 is 0 Å². The van der Waals surface area contributed by atoms with Gasteiger partial charge in [0, 0.05) is 24.8 Å². The summed E-state index contributed by atoms with van der Waals surface area (Å²) in [5, 5.41) is 7.44. The molecule has 2 aromatic rings. The summed E-state index contributed by atoms with van der Waals surface area (Å²) in [5.74, 6) is 0.806.